The molecule has 0 unspecified atom stereocenters. The van der Waals surface area contributed by atoms with E-state index in [9.17, 15) is 22.8 Å². The second-order valence-electron chi connectivity index (χ2n) is 9.23. The number of nitrogens with one attached hydrogen (secondary N) is 1. The third-order valence-electron chi connectivity index (χ3n) is 6.43. The van der Waals surface area contributed by atoms with E-state index in [1.807, 2.05) is 31.2 Å². The van der Waals surface area contributed by atoms with E-state index >= 15 is 0 Å². The van der Waals surface area contributed by atoms with E-state index in [0.717, 1.165) is 36.1 Å². The zero-order valence-corrected chi connectivity index (χ0v) is 22.0. The number of pyridine rings is 1. The summed E-state index contributed by atoms with van der Waals surface area (Å²) in [4.78, 5) is 35.0. The van der Waals surface area contributed by atoms with Gasteiger partial charge in [-0.3, -0.25) is 14.4 Å². The Kier molecular flexibility index (Phi) is 9.18. The Balaban J connectivity index is 0.000000405. The first-order chi connectivity index (χ1) is 17.5. The molecule has 0 saturated carbocycles. The minimum atomic E-state index is -3.29. The Morgan fingerprint density at radius 1 is 1.08 bits per heavy atom. The van der Waals surface area contributed by atoms with Crippen molar-refractivity contribution in [3.05, 3.63) is 99.5 Å². The normalized spacial score (nSPS) is 15.9. The Morgan fingerprint density at radius 2 is 1.76 bits per heavy atom. The maximum atomic E-state index is 13.0. The van der Waals surface area contributed by atoms with Gasteiger partial charge in [-0.15, -0.1) is 0 Å². The van der Waals surface area contributed by atoms with Crippen LogP contribution in [0, 0.1) is 6.92 Å². The van der Waals surface area contributed by atoms with Crippen LogP contribution in [0.2, 0.25) is 0 Å². The molecule has 0 aliphatic carbocycles. The lowest BCUT2D eigenvalue weighted by molar-refractivity contribution is -0.139. The van der Waals surface area contributed by atoms with Crippen LogP contribution >= 0.6 is 0 Å². The molecule has 2 aromatic carbocycles. The minimum absolute atomic E-state index is 0.0824. The summed E-state index contributed by atoms with van der Waals surface area (Å²) in [6, 6.07) is 17.2. The summed E-state index contributed by atoms with van der Waals surface area (Å²) < 4.78 is 24.9. The maximum absolute atomic E-state index is 13.0. The summed E-state index contributed by atoms with van der Waals surface area (Å²) in [5, 5.41) is 11.2. The molecule has 1 saturated heterocycles. The summed E-state index contributed by atoms with van der Waals surface area (Å²) in [5.41, 5.74) is 3.23. The van der Waals surface area contributed by atoms with Crippen molar-refractivity contribution in [1.29, 1.82) is 0 Å². The molecule has 1 aliphatic rings. The molecule has 0 amide bonds. The summed E-state index contributed by atoms with van der Waals surface area (Å²) in [6.45, 7) is 2.85. The molecule has 4 rings (SSSR count). The average Bonchev–Trinajstić information content (AvgIpc) is 3.40. The Hall–Kier alpha value is -3.56. The van der Waals surface area contributed by atoms with Crippen molar-refractivity contribution in [2.24, 2.45) is 7.05 Å². The molecule has 37 heavy (non-hydrogen) atoms. The Morgan fingerprint density at radius 3 is 2.27 bits per heavy atom. The van der Waals surface area contributed by atoms with Crippen LogP contribution in [0.15, 0.2) is 76.6 Å². The van der Waals surface area contributed by atoms with Crippen molar-refractivity contribution < 1.29 is 23.1 Å². The smallest absolute Gasteiger partial charge is 0.320 e. The molecule has 2 N–H and O–H groups in total. The van der Waals surface area contributed by atoms with Gasteiger partial charge in [-0.05, 0) is 61.2 Å². The molecule has 1 aromatic heterocycles. The van der Waals surface area contributed by atoms with E-state index in [1.54, 1.807) is 43.6 Å². The molecule has 1 aliphatic heterocycles. The van der Waals surface area contributed by atoms with Gasteiger partial charge in [0.05, 0.1) is 4.90 Å². The summed E-state index contributed by atoms with van der Waals surface area (Å²) in [6.07, 6.45) is 4.71. The highest BCUT2D eigenvalue weighted by Gasteiger charge is 2.22. The number of carboxylic acid groups (broad SMARTS) is 1. The highest BCUT2D eigenvalue weighted by molar-refractivity contribution is 7.90. The van der Waals surface area contributed by atoms with E-state index in [4.69, 9.17) is 5.11 Å². The van der Waals surface area contributed by atoms with Gasteiger partial charge in [0.25, 0.3) is 0 Å². The van der Waals surface area contributed by atoms with Gasteiger partial charge in [-0.25, -0.2) is 8.42 Å². The van der Waals surface area contributed by atoms with Gasteiger partial charge in [-0.2, -0.15) is 0 Å². The van der Waals surface area contributed by atoms with Crippen molar-refractivity contribution in [2.45, 2.75) is 43.0 Å². The molecule has 3 aromatic rings. The lowest BCUT2D eigenvalue weighted by atomic mass is 9.84. The number of hydrogen-bond acceptors (Lipinski definition) is 6. The third-order valence-corrected chi connectivity index (χ3v) is 7.56. The van der Waals surface area contributed by atoms with Crippen molar-refractivity contribution in [2.75, 3.05) is 12.8 Å². The van der Waals surface area contributed by atoms with Crippen molar-refractivity contribution in [1.82, 2.24) is 9.88 Å². The number of aromatic nitrogens is 1. The number of aliphatic carboxylic acids is 1. The summed E-state index contributed by atoms with van der Waals surface area (Å²) >= 11 is 0. The second kappa shape index (κ2) is 12.1. The predicted octanol–water partition coefficient (Wildman–Crippen LogP) is 3.33. The van der Waals surface area contributed by atoms with Crippen LogP contribution in [0.4, 0.5) is 0 Å². The molecule has 2 atom stereocenters. The van der Waals surface area contributed by atoms with E-state index in [2.05, 4.69) is 5.32 Å². The largest absolute Gasteiger partial charge is 0.480 e. The standard InChI is InChI=1S/C23H23NO4S.C5H9NO2/c1-16-6-4-5-7-20(16)21(17-8-11-19(12-9-17)29(3,27)28)14-22(25)18-10-13-23(26)24(2)15-18;7-5(8)4-2-1-3-6-4/h4-13,15,21H,14H2,1-3H3;4,6H,1-3H2,(H,7,8)/t21-;4-/m10/s1. The predicted molar refractivity (Wildman–Crippen MR) is 142 cm³/mol. The molecule has 8 nitrogen and oxygen atoms in total. The zero-order valence-electron chi connectivity index (χ0n) is 21.2. The number of sulfone groups is 1. The van der Waals surface area contributed by atoms with E-state index in [0.29, 0.717) is 5.56 Å². The molecule has 0 radical (unpaired) electrons. The van der Waals surface area contributed by atoms with Crippen LogP contribution in [0.25, 0.3) is 0 Å². The summed E-state index contributed by atoms with van der Waals surface area (Å²) in [5.74, 6) is -1.03. The van der Waals surface area contributed by atoms with Crippen LogP contribution in [-0.4, -0.2) is 48.7 Å². The molecule has 196 valence electrons. The molecule has 0 bridgehead atoms. The minimum Gasteiger partial charge on any atom is -0.480 e. The van der Waals surface area contributed by atoms with Crippen LogP contribution in [0.1, 0.15) is 52.2 Å². The highest BCUT2D eigenvalue weighted by Crippen LogP contribution is 2.32. The quantitative estimate of drug-likeness (QED) is 0.455. The number of carbonyl (C=O) groups is 2. The number of carboxylic acids is 1. The number of carbonyl (C=O) groups excluding carboxylic acids is 1. The van der Waals surface area contributed by atoms with Crippen LogP contribution in [0.3, 0.4) is 0 Å². The number of nitrogens with zero attached hydrogens (tertiary/aromatic N) is 1. The van der Waals surface area contributed by atoms with Crippen LogP contribution in [0.5, 0.6) is 0 Å². The van der Waals surface area contributed by atoms with Crippen LogP contribution < -0.4 is 10.9 Å². The van der Waals surface area contributed by atoms with Gasteiger partial charge in [0.1, 0.15) is 6.04 Å². The van der Waals surface area contributed by atoms with E-state index < -0.39 is 15.8 Å². The molecular weight excluding hydrogens is 492 g/mol. The van der Waals surface area contributed by atoms with Gasteiger partial charge >= 0.3 is 5.97 Å². The first-order valence-corrected chi connectivity index (χ1v) is 13.9. The molecule has 0 spiro atoms. The van der Waals surface area contributed by atoms with E-state index in [-0.39, 0.29) is 34.6 Å². The van der Waals surface area contributed by atoms with Crippen molar-refractivity contribution in [3.63, 3.8) is 0 Å². The Bertz CT molecular complexity index is 1420. The lowest BCUT2D eigenvalue weighted by Gasteiger charge is -2.20. The number of rotatable bonds is 7. The van der Waals surface area contributed by atoms with Gasteiger partial charge in [0.15, 0.2) is 15.6 Å². The maximum Gasteiger partial charge on any atom is 0.320 e. The van der Waals surface area contributed by atoms with E-state index in [1.165, 1.54) is 16.9 Å². The fraction of sp³-hybridized carbons (Fsp3) is 0.321. The second-order valence-corrected chi connectivity index (χ2v) is 11.2. The number of ketones is 1. The van der Waals surface area contributed by atoms with Crippen LogP contribution in [-0.2, 0) is 21.7 Å². The number of benzene rings is 2. The van der Waals surface area contributed by atoms with Gasteiger partial charge in [-0.1, -0.05) is 36.4 Å². The number of Topliss-reactive ketones (excluding diaryl/α,β-unsaturated/α-hetero) is 1. The first kappa shape index (κ1) is 28.0. The third kappa shape index (κ3) is 7.47. The molecule has 1 fully saturated rings. The zero-order chi connectivity index (χ0) is 27.2. The topological polar surface area (TPSA) is 123 Å². The molecule has 9 heteroatoms. The van der Waals surface area contributed by atoms with Gasteiger partial charge in [0.2, 0.25) is 5.56 Å². The van der Waals surface area contributed by atoms with Gasteiger partial charge < -0.3 is 15.0 Å². The van der Waals surface area contributed by atoms with Crippen molar-refractivity contribution >= 4 is 21.6 Å². The average molecular weight is 525 g/mol. The number of hydrogen-bond donors (Lipinski definition) is 2. The molecule has 2 heterocycles. The monoisotopic (exact) mass is 524 g/mol. The lowest BCUT2D eigenvalue weighted by Crippen LogP contribution is -2.29. The highest BCUT2D eigenvalue weighted by atomic mass is 32.2. The van der Waals surface area contributed by atoms with Crippen molar-refractivity contribution in [3.8, 4) is 0 Å². The number of aryl methyl sites for hydroxylation is 2. The first-order valence-electron chi connectivity index (χ1n) is 12.0. The van der Waals surface area contributed by atoms with Gasteiger partial charge in [0, 0.05) is 43.5 Å². The Labute approximate surface area is 216 Å². The summed E-state index contributed by atoms with van der Waals surface area (Å²) in [7, 11) is -1.68. The fourth-order valence-electron chi connectivity index (χ4n) is 4.29. The SMILES string of the molecule is Cc1ccccc1[C@H](CC(=O)c1ccc(=O)n(C)c1)c1ccc(S(C)(=O)=O)cc1.O=C(O)[C@@H]1CCCN1. The molecular formula is C28H32N2O6S. The fourth-order valence-corrected chi connectivity index (χ4v) is 4.92.